The number of urea groups is 1. The Labute approximate surface area is 90.9 Å². The quantitative estimate of drug-likeness (QED) is 0.702. The van der Waals surface area contributed by atoms with Crippen molar-refractivity contribution < 1.29 is 9.90 Å². The van der Waals surface area contributed by atoms with Crippen molar-refractivity contribution in [2.24, 2.45) is 5.92 Å². The third-order valence-electron chi connectivity index (χ3n) is 3.36. The molecule has 1 N–H and O–H groups in total. The van der Waals surface area contributed by atoms with E-state index in [1.54, 1.807) is 0 Å². The van der Waals surface area contributed by atoms with Gasteiger partial charge in [-0.15, -0.1) is 0 Å². The lowest BCUT2D eigenvalue weighted by Gasteiger charge is -2.41. The van der Waals surface area contributed by atoms with Crippen LogP contribution in [0.25, 0.3) is 0 Å². The first-order valence-corrected chi connectivity index (χ1v) is 5.96. The summed E-state index contributed by atoms with van der Waals surface area (Å²) in [6.07, 6.45) is 4.79. The SMILES string of the molecule is O=C(N1CCCCCC1)N1CC(CO)C1. The summed E-state index contributed by atoms with van der Waals surface area (Å²) in [5.41, 5.74) is 0. The van der Waals surface area contributed by atoms with Crippen molar-refractivity contribution in [1.82, 2.24) is 9.80 Å². The molecule has 0 atom stereocenters. The second kappa shape index (κ2) is 4.84. The Kier molecular flexibility index (Phi) is 3.46. The highest BCUT2D eigenvalue weighted by molar-refractivity contribution is 5.75. The maximum absolute atomic E-state index is 12.0. The fourth-order valence-electron chi connectivity index (χ4n) is 2.30. The number of aliphatic hydroxyl groups excluding tert-OH is 1. The summed E-state index contributed by atoms with van der Waals surface area (Å²) >= 11 is 0. The molecule has 0 aliphatic carbocycles. The summed E-state index contributed by atoms with van der Waals surface area (Å²) in [7, 11) is 0. The Bertz CT molecular complexity index is 219. The van der Waals surface area contributed by atoms with Gasteiger partial charge in [-0.2, -0.15) is 0 Å². The Balaban J connectivity index is 1.80. The molecule has 0 aromatic rings. The van der Waals surface area contributed by atoms with Crippen molar-refractivity contribution in [2.45, 2.75) is 25.7 Å². The molecule has 2 saturated heterocycles. The number of rotatable bonds is 1. The molecule has 4 nitrogen and oxygen atoms in total. The number of hydrogen-bond acceptors (Lipinski definition) is 2. The minimum absolute atomic E-state index is 0.182. The van der Waals surface area contributed by atoms with Gasteiger partial charge in [-0.3, -0.25) is 0 Å². The van der Waals surface area contributed by atoms with Gasteiger partial charge in [0.25, 0.3) is 0 Å². The van der Waals surface area contributed by atoms with Gasteiger partial charge < -0.3 is 14.9 Å². The van der Waals surface area contributed by atoms with Crippen LogP contribution in [-0.2, 0) is 0 Å². The van der Waals surface area contributed by atoms with Crippen LogP contribution in [0.1, 0.15) is 25.7 Å². The Morgan fingerprint density at radius 2 is 1.67 bits per heavy atom. The summed E-state index contributed by atoms with van der Waals surface area (Å²) in [5, 5.41) is 8.89. The van der Waals surface area contributed by atoms with E-state index in [-0.39, 0.29) is 12.6 Å². The van der Waals surface area contributed by atoms with E-state index in [1.165, 1.54) is 12.8 Å². The molecule has 0 unspecified atom stereocenters. The first kappa shape index (κ1) is 10.7. The van der Waals surface area contributed by atoms with Crippen molar-refractivity contribution in [3.8, 4) is 0 Å². The number of amides is 2. The van der Waals surface area contributed by atoms with E-state index in [1.807, 2.05) is 9.80 Å². The van der Waals surface area contributed by atoms with Crippen molar-refractivity contribution in [2.75, 3.05) is 32.8 Å². The molecule has 15 heavy (non-hydrogen) atoms. The van der Waals surface area contributed by atoms with Gasteiger partial charge in [-0.05, 0) is 12.8 Å². The Morgan fingerprint density at radius 1 is 1.07 bits per heavy atom. The van der Waals surface area contributed by atoms with Crippen molar-refractivity contribution >= 4 is 6.03 Å². The number of carbonyl (C=O) groups excluding carboxylic acids is 1. The smallest absolute Gasteiger partial charge is 0.320 e. The lowest BCUT2D eigenvalue weighted by atomic mass is 10.0. The maximum Gasteiger partial charge on any atom is 0.320 e. The molecule has 4 heteroatoms. The second-order valence-electron chi connectivity index (χ2n) is 4.64. The average Bonchev–Trinajstić information content (AvgIpc) is 2.43. The largest absolute Gasteiger partial charge is 0.396 e. The standard InChI is InChI=1S/C11H20N2O2/c14-9-10-7-13(8-10)11(15)12-5-3-1-2-4-6-12/h10,14H,1-9H2. The van der Waals surface area contributed by atoms with Crippen LogP contribution in [0.15, 0.2) is 0 Å². The van der Waals surface area contributed by atoms with Gasteiger partial charge in [0.15, 0.2) is 0 Å². The van der Waals surface area contributed by atoms with E-state index in [0.717, 1.165) is 39.0 Å². The summed E-state index contributed by atoms with van der Waals surface area (Å²) in [5.74, 6) is 0.320. The number of hydrogen-bond donors (Lipinski definition) is 1. The highest BCUT2D eigenvalue weighted by Gasteiger charge is 2.32. The van der Waals surface area contributed by atoms with E-state index in [4.69, 9.17) is 5.11 Å². The number of carbonyl (C=O) groups is 1. The number of aliphatic hydroxyl groups is 1. The van der Waals surface area contributed by atoms with Crippen LogP contribution in [0.2, 0.25) is 0 Å². The van der Waals surface area contributed by atoms with Gasteiger partial charge >= 0.3 is 6.03 Å². The van der Waals surface area contributed by atoms with Crippen LogP contribution >= 0.6 is 0 Å². The van der Waals surface area contributed by atoms with Crippen LogP contribution in [-0.4, -0.2) is 53.7 Å². The van der Waals surface area contributed by atoms with E-state index in [9.17, 15) is 4.79 Å². The lowest BCUT2D eigenvalue weighted by molar-refractivity contribution is 0.0598. The fourth-order valence-corrected chi connectivity index (χ4v) is 2.30. The number of nitrogens with zero attached hydrogens (tertiary/aromatic N) is 2. The zero-order valence-electron chi connectivity index (χ0n) is 9.19. The van der Waals surface area contributed by atoms with Crippen LogP contribution in [0.5, 0.6) is 0 Å². The first-order valence-electron chi connectivity index (χ1n) is 5.96. The van der Waals surface area contributed by atoms with Crippen LogP contribution in [0.4, 0.5) is 4.79 Å². The molecule has 0 spiro atoms. The average molecular weight is 212 g/mol. The molecular formula is C11H20N2O2. The third kappa shape index (κ3) is 2.43. The predicted molar refractivity (Wildman–Crippen MR) is 57.6 cm³/mol. The summed E-state index contributed by atoms with van der Waals surface area (Å²) in [4.78, 5) is 15.8. The van der Waals surface area contributed by atoms with Gasteiger partial charge in [-0.25, -0.2) is 4.79 Å². The molecule has 0 aromatic carbocycles. The minimum Gasteiger partial charge on any atom is -0.396 e. The minimum atomic E-state index is 0.182. The zero-order chi connectivity index (χ0) is 10.7. The Morgan fingerprint density at radius 3 is 2.20 bits per heavy atom. The van der Waals surface area contributed by atoms with Crippen LogP contribution < -0.4 is 0 Å². The highest BCUT2D eigenvalue weighted by Crippen LogP contribution is 2.19. The van der Waals surface area contributed by atoms with Crippen molar-refractivity contribution in [1.29, 1.82) is 0 Å². The van der Waals surface area contributed by atoms with Gasteiger partial charge in [0.2, 0.25) is 0 Å². The molecule has 2 amide bonds. The normalized spacial score (nSPS) is 23.5. The molecule has 2 aliphatic heterocycles. The summed E-state index contributed by atoms with van der Waals surface area (Å²) in [6.45, 7) is 3.53. The first-order chi connectivity index (χ1) is 7.31. The van der Waals surface area contributed by atoms with E-state index in [0.29, 0.717) is 5.92 Å². The van der Waals surface area contributed by atoms with Gasteiger partial charge in [0.05, 0.1) is 0 Å². The van der Waals surface area contributed by atoms with E-state index in [2.05, 4.69) is 0 Å². The molecule has 2 fully saturated rings. The monoisotopic (exact) mass is 212 g/mol. The van der Waals surface area contributed by atoms with Crippen molar-refractivity contribution in [3.05, 3.63) is 0 Å². The summed E-state index contributed by atoms with van der Waals surface area (Å²) < 4.78 is 0. The third-order valence-corrected chi connectivity index (χ3v) is 3.36. The fraction of sp³-hybridized carbons (Fsp3) is 0.909. The molecule has 0 aromatic heterocycles. The topological polar surface area (TPSA) is 43.8 Å². The predicted octanol–water partition coefficient (Wildman–Crippen LogP) is 0.907. The maximum atomic E-state index is 12.0. The molecular weight excluding hydrogens is 192 g/mol. The number of likely N-dealkylation sites (tertiary alicyclic amines) is 2. The van der Waals surface area contributed by atoms with Crippen LogP contribution in [0, 0.1) is 5.92 Å². The molecule has 0 saturated carbocycles. The second-order valence-corrected chi connectivity index (χ2v) is 4.64. The van der Waals surface area contributed by atoms with E-state index >= 15 is 0 Å². The van der Waals surface area contributed by atoms with E-state index < -0.39 is 0 Å². The molecule has 2 heterocycles. The van der Waals surface area contributed by atoms with Gasteiger partial charge in [0, 0.05) is 38.7 Å². The highest BCUT2D eigenvalue weighted by atomic mass is 16.3. The zero-order valence-corrected chi connectivity index (χ0v) is 9.19. The van der Waals surface area contributed by atoms with Gasteiger partial charge in [0.1, 0.15) is 0 Å². The van der Waals surface area contributed by atoms with Crippen molar-refractivity contribution in [3.63, 3.8) is 0 Å². The molecule has 86 valence electrons. The molecule has 0 radical (unpaired) electrons. The Hall–Kier alpha value is -0.770. The molecule has 0 bridgehead atoms. The van der Waals surface area contributed by atoms with Crippen LogP contribution in [0.3, 0.4) is 0 Å². The summed E-state index contributed by atoms with van der Waals surface area (Å²) in [6, 6.07) is 0.182. The molecule has 2 rings (SSSR count). The molecule has 2 aliphatic rings. The lowest BCUT2D eigenvalue weighted by Crippen LogP contribution is -2.56. The van der Waals surface area contributed by atoms with Gasteiger partial charge in [-0.1, -0.05) is 12.8 Å².